The van der Waals surface area contributed by atoms with Gasteiger partial charge in [0, 0.05) is 32.6 Å². The summed E-state index contributed by atoms with van der Waals surface area (Å²) in [6, 6.07) is 4.14. The van der Waals surface area contributed by atoms with Gasteiger partial charge in [-0.2, -0.15) is 4.37 Å². The molecule has 0 spiro atoms. The Hall–Kier alpha value is -1.66. The summed E-state index contributed by atoms with van der Waals surface area (Å²) < 4.78 is 9.47. The van der Waals surface area contributed by atoms with Crippen molar-refractivity contribution < 1.29 is 4.74 Å². The van der Waals surface area contributed by atoms with Crippen molar-refractivity contribution in [1.29, 1.82) is 0 Å². The van der Waals surface area contributed by atoms with Crippen LogP contribution in [-0.4, -0.2) is 36.2 Å². The van der Waals surface area contributed by atoms with Crippen molar-refractivity contribution in [3.05, 3.63) is 24.5 Å². The first-order valence-corrected chi connectivity index (χ1v) is 6.79. The summed E-state index contributed by atoms with van der Waals surface area (Å²) in [4.78, 5) is 6.18. The maximum Gasteiger partial charge on any atom is 0.147 e. The molecule has 0 radical (unpaired) electrons. The van der Waals surface area contributed by atoms with Crippen LogP contribution in [0.15, 0.2) is 24.5 Å². The third-order valence-electron chi connectivity index (χ3n) is 3.06. The Morgan fingerprint density at radius 3 is 2.74 bits per heavy atom. The number of aromatic nitrogens is 2. The molecule has 2 aromatic heterocycles. The molecule has 0 amide bonds. The zero-order valence-electron chi connectivity index (χ0n) is 11.3. The van der Waals surface area contributed by atoms with Crippen LogP contribution in [0.5, 0.6) is 0 Å². The Bertz CT molecular complexity index is 529. The number of methoxy groups -OCH3 is 1. The molecule has 1 unspecified atom stereocenters. The summed E-state index contributed by atoms with van der Waals surface area (Å²) in [5.41, 5.74) is 8.01. The van der Waals surface area contributed by atoms with E-state index < -0.39 is 0 Å². The van der Waals surface area contributed by atoms with E-state index in [0.29, 0.717) is 12.4 Å². The predicted molar refractivity (Wildman–Crippen MR) is 79.5 cm³/mol. The summed E-state index contributed by atoms with van der Waals surface area (Å²) in [6.07, 6.45) is 3.52. The molecule has 2 rings (SSSR count). The number of nitrogens with zero attached hydrogens (tertiary/aromatic N) is 3. The SMILES string of the molecule is COCC(C)N(C)c1snc(N)c1-c1ccncc1. The van der Waals surface area contributed by atoms with E-state index in [2.05, 4.69) is 21.2 Å². The molecule has 0 aliphatic heterocycles. The average Bonchev–Trinajstić information content (AvgIpc) is 2.81. The lowest BCUT2D eigenvalue weighted by Gasteiger charge is -2.25. The molecule has 0 fully saturated rings. The van der Waals surface area contributed by atoms with Crippen molar-refractivity contribution in [3.8, 4) is 11.1 Å². The van der Waals surface area contributed by atoms with Crippen LogP contribution in [0.2, 0.25) is 0 Å². The summed E-state index contributed by atoms with van der Waals surface area (Å²) in [5, 5.41) is 1.05. The number of anilines is 2. The molecule has 0 bridgehead atoms. The van der Waals surface area contributed by atoms with Gasteiger partial charge < -0.3 is 15.4 Å². The van der Waals surface area contributed by atoms with Crippen molar-refractivity contribution in [2.24, 2.45) is 0 Å². The van der Waals surface area contributed by atoms with Gasteiger partial charge in [-0.1, -0.05) is 0 Å². The van der Waals surface area contributed by atoms with E-state index in [1.54, 1.807) is 19.5 Å². The van der Waals surface area contributed by atoms with Crippen LogP contribution in [-0.2, 0) is 4.74 Å². The fourth-order valence-corrected chi connectivity index (χ4v) is 2.78. The molecule has 0 aliphatic rings. The minimum Gasteiger partial charge on any atom is -0.383 e. The van der Waals surface area contributed by atoms with Crippen LogP contribution in [0.4, 0.5) is 10.8 Å². The second-order valence-electron chi connectivity index (χ2n) is 4.40. The molecule has 102 valence electrons. The second-order valence-corrected chi connectivity index (χ2v) is 5.15. The standard InChI is InChI=1S/C13H18N4OS/c1-9(8-18-3)17(2)13-11(12(14)16-19-13)10-4-6-15-7-5-10/h4-7,9H,8H2,1-3H3,(H2,14,16). The molecule has 2 aromatic rings. The third kappa shape index (κ3) is 2.85. The van der Waals surface area contributed by atoms with Gasteiger partial charge in [0.2, 0.25) is 0 Å². The Balaban J connectivity index is 2.38. The number of hydrogen-bond donors (Lipinski definition) is 1. The fraction of sp³-hybridized carbons (Fsp3) is 0.385. The molecule has 2 heterocycles. The van der Waals surface area contributed by atoms with Crippen molar-refractivity contribution >= 4 is 22.4 Å². The third-order valence-corrected chi connectivity index (χ3v) is 4.01. The molecule has 19 heavy (non-hydrogen) atoms. The fourth-order valence-electron chi connectivity index (χ4n) is 1.88. The summed E-state index contributed by atoms with van der Waals surface area (Å²) in [5.74, 6) is 0.558. The quantitative estimate of drug-likeness (QED) is 0.909. The van der Waals surface area contributed by atoms with Crippen molar-refractivity contribution in [1.82, 2.24) is 9.36 Å². The largest absolute Gasteiger partial charge is 0.383 e. The number of ether oxygens (including phenoxy) is 1. The molecule has 1 atom stereocenters. The normalized spacial score (nSPS) is 12.4. The smallest absolute Gasteiger partial charge is 0.147 e. The van der Waals surface area contributed by atoms with Crippen LogP contribution < -0.4 is 10.6 Å². The molecule has 0 aromatic carbocycles. The first-order chi connectivity index (χ1) is 9.15. The lowest BCUT2D eigenvalue weighted by Crippen LogP contribution is -2.32. The zero-order chi connectivity index (χ0) is 13.8. The molecule has 0 aliphatic carbocycles. The molecule has 2 N–H and O–H groups in total. The number of nitrogens with two attached hydrogens (primary N) is 1. The minimum atomic E-state index is 0.255. The lowest BCUT2D eigenvalue weighted by atomic mass is 10.1. The summed E-state index contributed by atoms with van der Waals surface area (Å²) in [7, 11) is 3.73. The van der Waals surface area contributed by atoms with E-state index in [1.165, 1.54) is 11.5 Å². The van der Waals surface area contributed by atoms with E-state index in [9.17, 15) is 0 Å². The van der Waals surface area contributed by atoms with Crippen molar-refractivity contribution in [2.75, 3.05) is 31.4 Å². The Kier molecular flexibility index (Phi) is 4.34. The van der Waals surface area contributed by atoms with Gasteiger partial charge in [-0.3, -0.25) is 4.98 Å². The monoisotopic (exact) mass is 278 g/mol. The number of rotatable bonds is 5. The molecule has 6 heteroatoms. The van der Waals surface area contributed by atoms with Gasteiger partial charge in [-0.15, -0.1) is 0 Å². The Morgan fingerprint density at radius 2 is 2.11 bits per heavy atom. The highest BCUT2D eigenvalue weighted by Crippen LogP contribution is 2.39. The maximum absolute atomic E-state index is 6.01. The lowest BCUT2D eigenvalue weighted by molar-refractivity contribution is 0.183. The summed E-state index contributed by atoms with van der Waals surface area (Å²) >= 11 is 1.41. The first kappa shape index (κ1) is 13.8. The van der Waals surface area contributed by atoms with E-state index in [-0.39, 0.29) is 6.04 Å². The van der Waals surface area contributed by atoms with Crippen LogP contribution in [0.1, 0.15) is 6.92 Å². The van der Waals surface area contributed by atoms with Gasteiger partial charge in [0.05, 0.1) is 12.2 Å². The Morgan fingerprint density at radius 1 is 1.42 bits per heavy atom. The highest BCUT2D eigenvalue weighted by atomic mass is 32.1. The van der Waals surface area contributed by atoms with E-state index in [0.717, 1.165) is 16.1 Å². The highest BCUT2D eigenvalue weighted by molar-refractivity contribution is 7.11. The van der Waals surface area contributed by atoms with Crippen LogP contribution in [0.3, 0.4) is 0 Å². The number of hydrogen-bond acceptors (Lipinski definition) is 6. The average molecular weight is 278 g/mol. The molecular weight excluding hydrogens is 260 g/mol. The number of likely N-dealkylation sites (N-methyl/N-ethyl adjacent to an activating group) is 1. The molecule has 0 saturated carbocycles. The van der Waals surface area contributed by atoms with Crippen LogP contribution in [0, 0.1) is 0 Å². The number of pyridine rings is 1. The highest BCUT2D eigenvalue weighted by Gasteiger charge is 2.20. The van der Waals surface area contributed by atoms with Gasteiger partial charge >= 0.3 is 0 Å². The van der Waals surface area contributed by atoms with E-state index in [4.69, 9.17) is 10.5 Å². The van der Waals surface area contributed by atoms with Gasteiger partial charge in [0.1, 0.15) is 10.8 Å². The molecule has 0 saturated heterocycles. The van der Waals surface area contributed by atoms with Crippen molar-refractivity contribution in [3.63, 3.8) is 0 Å². The number of nitrogen functional groups attached to an aromatic ring is 1. The van der Waals surface area contributed by atoms with E-state index in [1.807, 2.05) is 19.2 Å². The first-order valence-electron chi connectivity index (χ1n) is 6.02. The van der Waals surface area contributed by atoms with Crippen LogP contribution in [0.25, 0.3) is 11.1 Å². The Labute approximate surface area is 117 Å². The zero-order valence-corrected chi connectivity index (χ0v) is 12.1. The topological polar surface area (TPSA) is 64.3 Å². The minimum absolute atomic E-state index is 0.255. The van der Waals surface area contributed by atoms with Gasteiger partial charge in [0.15, 0.2) is 0 Å². The second kappa shape index (κ2) is 5.99. The van der Waals surface area contributed by atoms with Crippen molar-refractivity contribution in [2.45, 2.75) is 13.0 Å². The summed E-state index contributed by atoms with van der Waals surface area (Å²) in [6.45, 7) is 2.76. The predicted octanol–water partition coefficient (Wildman–Crippen LogP) is 2.26. The molecule has 5 nitrogen and oxygen atoms in total. The van der Waals surface area contributed by atoms with E-state index >= 15 is 0 Å². The maximum atomic E-state index is 6.01. The van der Waals surface area contributed by atoms with Gasteiger partial charge in [-0.05, 0) is 36.2 Å². The van der Waals surface area contributed by atoms with Gasteiger partial charge in [-0.25, -0.2) is 0 Å². The molecular formula is C13H18N4OS. The van der Waals surface area contributed by atoms with Crippen LogP contribution >= 0.6 is 11.5 Å². The van der Waals surface area contributed by atoms with Gasteiger partial charge in [0.25, 0.3) is 0 Å².